The summed E-state index contributed by atoms with van der Waals surface area (Å²) in [7, 11) is 0. The first kappa shape index (κ1) is 11.1. The van der Waals surface area contributed by atoms with Crippen LogP contribution in [0.1, 0.15) is 38.4 Å². The number of carbonyl (C=O) groups is 1. The second-order valence-corrected chi connectivity index (χ2v) is 3.90. The zero-order valence-corrected chi connectivity index (χ0v) is 9.36. The molecule has 0 spiro atoms. The standard InChI is InChI=1S/C9H15N3OS/c1-3-4-5-6-8(13)11-9-10-7(2)12-14-9/h3-6H2,1-2H3,(H,10,11,12,13). The van der Waals surface area contributed by atoms with Crippen LogP contribution in [0.4, 0.5) is 5.13 Å². The van der Waals surface area contributed by atoms with Gasteiger partial charge in [-0.2, -0.15) is 4.37 Å². The van der Waals surface area contributed by atoms with Gasteiger partial charge in [0.25, 0.3) is 0 Å². The molecule has 78 valence electrons. The molecule has 1 N–H and O–H groups in total. The van der Waals surface area contributed by atoms with Gasteiger partial charge in [-0.05, 0) is 13.3 Å². The predicted molar refractivity (Wildman–Crippen MR) is 57.4 cm³/mol. The Labute approximate surface area is 87.9 Å². The van der Waals surface area contributed by atoms with E-state index in [2.05, 4.69) is 21.6 Å². The van der Waals surface area contributed by atoms with Gasteiger partial charge in [-0.25, -0.2) is 4.98 Å². The number of rotatable bonds is 5. The molecular weight excluding hydrogens is 198 g/mol. The summed E-state index contributed by atoms with van der Waals surface area (Å²) < 4.78 is 3.98. The second kappa shape index (κ2) is 5.70. The van der Waals surface area contributed by atoms with Crippen LogP contribution >= 0.6 is 11.5 Å². The zero-order valence-electron chi connectivity index (χ0n) is 8.54. The SMILES string of the molecule is CCCCCC(=O)Nc1nc(C)ns1. The van der Waals surface area contributed by atoms with Crippen molar-refractivity contribution in [1.82, 2.24) is 9.36 Å². The summed E-state index contributed by atoms with van der Waals surface area (Å²) in [6, 6.07) is 0. The van der Waals surface area contributed by atoms with Crippen LogP contribution in [0.3, 0.4) is 0 Å². The van der Waals surface area contributed by atoms with Crippen LogP contribution in [0.2, 0.25) is 0 Å². The van der Waals surface area contributed by atoms with Crippen LogP contribution in [0, 0.1) is 6.92 Å². The number of nitrogens with one attached hydrogen (secondary N) is 1. The van der Waals surface area contributed by atoms with Gasteiger partial charge >= 0.3 is 0 Å². The lowest BCUT2D eigenvalue weighted by molar-refractivity contribution is -0.116. The number of unbranched alkanes of at least 4 members (excludes halogenated alkanes) is 2. The van der Waals surface area contributed by atoms with Crippen molar-refractivity contribution < 1.29 is 4.79 Å². The van der Waals surface area contributed by atoms with Crippen LogP contribution in [0.15, 0.2) is 0 Å². The van der Waals surface area contributed by atoms with E-state index in [-0.39, 0.29) is 5.91 Å². The monoisotopic (exact) mass is 213 g/mol. The molecule has 0 saturated carbocycles. The Balaban J connectivity index is 2.27. The van der Waals surface area contributed by atoms with Gasteiger partial charge in [0, 0.05) is 18.0 Å². The molecule has 0 aliphatic rings. The Kier molecular flexibility index (Phi) is 4.52. The molecule has 0 radical (unpaired) electrons. The molecule has 1 aromatic rings. The van der Waals surface area contributed by atoms with E-state index < -0.39 is 0 Å². The van der Waals surface area contributed by atoms with Crippen molar-refractivity contribution in [3.05, 3.63) is 5.82 Å². The fourth-order valence-corrected chi connectivity index (χ4v) is 1.66. The van der Waals surface area contributed by atoms with E-state index in [0.29, 0.717) is 17.4 Å². The highest BCUT2D eigenvalue weighted by Crippen LogP contribution is 2.11. The van der Waals surface area contributed by atoms with E-state index in [9.17, 15) is 4.79 Å². The first-order valence-electron chi connectivity index (χ1n) is 4.82. The molecule has 4 nitrogen and oxygen atoms in total. The highest BCUT2D eigenvalue weighted by molar-refractivity contribution is 7.09. The van der Waals surface area contributed by atoms with E-state index >= 15 is 0 Å². The summed E-state index contributed by atoms with van der Waals surface area (Å²) in [5.41, 5.74) is 0. The fraction of sp³-hybridized carbons (Fsp3) is 0.667. The lowest BCUT2D eigenvalue weighted by Crippen LogP contribution is -2.10. The number of nitrogens with zero attached hydrogens (tertiary/aromatic N) is 2. The fourth-order valence-electron chi connectivity index (χ4n) is 1.07. The van der Waals surface area contributed by atoms with Crippen LogP contribution in [-0.4, -0.2) is 15.3 Å². The molecule has 1 heterocycles. The molecule has 1 rings (SSSR count). The third-order valence-electron chi connectivity index (χ3n) is 1.78. The van der Waals surface area contributed by atoms with Gasteiger partial charge in [-0.15, -0.1) is 0 Å². The molecule has 0 aromatic carbocycles. The lowest BCUT2D eigenvalue weighted by Gasteiger charge is -1.99. The van der Waals surface area contributed by atoms with Crippen molar-refractivity contribution in [2.24, 2.45) is 0 Å². The first-order chi connectivity index (χ1) is 6.72. The molecule has 0 aliphatic carbocycles. The highest BCUT2D eigenvalue weighted by Gasteiger charge is 2.05. The Morgan fingerprint density at radius 3 is 2.86 bits per heavy atom. The van der Waals surface area contributed by atoms with Crippen molar-refractivity contribution in [2.45, 2.75) is 39.5 Å². The van der Waals surface area contributed by atoms with E-state index in [1.165, 1.54) is 11.5 Å². The summed E-state index contributed by atoms with van der Waals surface area (Å²) in [6.45, 7) is 3.93. The number of hydrogen-bond acceptors (Lipinski definition) is 4. The zero-order chi connectivity index (χ0) is 10.4. The smallest absolute Gasteiger partial charge is 0.226 e. The Morgan fingerprint density at radius 2 is 2.29 bits per heavy atom. The lowest BCUT2D eigenvalue weighted by atomic mass is 10.2. The third-order valence-corrected chi connectivity index (χ3v) is 2.50. The summed E-state index contributed by atoms with van der Waals surface area (Å²) in [5.74, 6) is 0.744. The topological polar surface area (TPSA) is 54.9 Å². The molecule has 0 aliphatic heterocycles. The van der Waals surface area contributed by atoms with Crippen molar-refractivity contribution in [2.75, 3.05) is 5.32 Å². The van der Waals surface area contributed by atoms with Gasteiger partial charge in [0.1, 0.15) is 5.82 Å². The van der Waals surface area contributed by atoms with Gasteiger partial charge in [-0.1, -0.05) is 19.8 Å². The first-order valence-corrected chi connectivity index (χ1v) is 5.60. The molecular formula is C9H15N3OS. The average molecular weight is 213 g/mol. The number of aryl methyl sites for hydroxylation is 1. The summed E-state index contributed by atoms with van der Waals surface area (Å²) in [5, 5.41) is 3.33. The van der Waals surface area contributed by atoms with Gasteiger partial charge in [-0.3, -0.25) is 4.79 Å². The van der Waals surface area contributed by atoms with Crippen LogP contribution in [-0.2, 0) is 4.79 Å². The minimum absolute atomic E-state index is 0.0367. The number of anilines is 1. The molecule has 5 heteroatoms. The number of aromatic nitrogens is 2. The van der Waals surface area contributed by atoms with Gasteiger partial charge in [0.15, 0.2) is 0 Å². The molecule has 14 heavy (non-hydrogen) atoms. The summed E-state index contributed by atoms with van der Waals surface area (Å²) in [4.78, 5) is 15.4. The maximum atomic E-state index is 11.3. The second-order valence-electron chi connectivity index (χ2n) is 3.15. The molecule has 0 unspecified atom stereocenters. The Bertz CT molecular complexity index is 298. The third kappa shape index (κ3) is 3.83. The number of hydrogen-bond donors (Lipinski definition) is 1. The van der Waals surface area contributed by atoms with Crippen LogP contribution < -0.4 is 5.32 Å². The summed E-state index contributed by atoms with van der Waals surface area (Å²) >= 11 is 1.22. The Hall–Kier alpha value is -0.970. The van der Waals surface area contributed by atoms with E-state index in [1.807, 2.05) is 6.92 Å². The Morgan fingerprint density at radius 1 is 1.50 bits per heavy atom. The maximum absolute atomic E-state index is 11.3. The minimum atomic E-state index is 0.0367. The average Bonchev–Trinajstić information content (AvgIpc) is 2.52. The van der Waals surface area contributed by atoms with Crippen LogP contribution in [0.5, 0.6) is 0 Å². The summed E-state index contributed by atoms with van der Waals surface area (Å²) in [6.07, 6.45) is 3.75. The maximum Gasteiger partial charge on any atom is 0.226 e. The molecule has 0 atom stereocenters. The quantitative estimate of drug-likeness (QED) is 0.764. The molecule has 1 amide bonds. The van der Waals surface area contributed by atoms with Gasteiger partial charge in [0.2, 0.25) is 11.0 Å². The number of carbonyl (C=O) groups excluding carboxylic acids is 1. The largest absolute Gasteiger partial charge is 0.301 e. The van der Waals surface area contributed by atoms with Crippen molar-refractivity contribution in [3.8, 4) is 0 Å². The van der Waals surface area contributed by atoms with Crippen molar-refractivity contribution >= 4 is 22.6 Å². The molecule has 1 aromatic heterocycles. The minimum Gasteiger partial charge on any atom is -0.301 e. The highest BCUT2D eigenvalue weighted by atomic mass is 32.1. The number of amides is 1. The van der Waals surface area contributed by atoms with E-state index in [0.717, 1.165) is 19.3 Å². The molecule has 0 saturated heterocycles. The van der Waals surface area contributed by atoms with Gasteiger partial charge in [0.05, 0.1) is 0 Å². The van der Waals surface area contributed by atoms with Crippen molar-refractivity contribution in [3.63, 3.8) is 0 Å². The normalized spacial score (nSPS) is 10.1. The van der Waals surface area contributed by atoms with E-state index in [1.54, 1.807) is 0 Å². The molecule has 0 fully saturated rings. The van der Waals surface area contributed by atoms with Crippen LogP contribution in [0.25, 0.3) is 0 Å². The van der Waals surface area contributed by atoms with Gasteiger partial charge < -0.3 is 5.32 Å². The van der Waals surface area contributed by atoms with Crippen molar-refractivity contribution in [1.29, 1.82) is 0 Å². The van der Waals surface area contributed by atoms with E-state index in [4.69, 9.17) is 0 Å². The predicted octanol–water partition coefficient (Wildman–Crippen LogP) is 2.37. The molecule has 0 bridgehead atoms.